The molecule has 0 aliphatic carbocycles. The first-order valence-electron chi connectivity index (χ1n) is 5.10. The molecular formula is C10H17N3O3. The van der Waals surface area contributed by atoms with Gasteiger partial charge >= 0.3 is 5.97 Å². The van der Waals surface area contributed by atoms with Crippen molar-refractivity contribution in [1.82, 2.24) is 10.2 Å². The van der Waals surface area contributed by atoms with E-state index in [1.54, 1.807) is 11.0 Å². The normalized spacial score (nSPS) is 25.3. The summed E-state index contributed by atoms with van der Waals surface area (Å²) in [5.41, 5.74) is 4.47. The molecule has 16 heavy (non-hydrogen) atoms. The number of nitrogens with zero attached hydrogens (tertiary/aromatic N) is 1. The fourth-order valence-corrected chi connectivity index (χ4v) is 1.67. The van der Waals surface area contributed by atoms with Gasteiger partial charge < -0.3 is 16.2 Å². The van der Waals surface area contributed by atoms with E-state index in [9.17, 15) is 9.59 Å². The molecule has 1 fully saturated rings. The summed E-state index contributed by atoms with van der Waals surface area (Å²) < 4.78 is 0. The number of nitrogens with one attached hydrogen (secondary N) is 1. The molecule has 6 heteroatoms. The van der Waals surface area contributed by atoms with Gasteiger partial charge in [-0.25, -0.2) is 0 Å². The van der Waals surface area contributed by atoms with Crippen LogP contribution in [0.25, 0.3) is 0 Å². The minimum atomic E-state index is -1.21. The first kappa shape index (κ1) is 12.7. The van der Waals surface area contributed by atoms with Crippen LogP contribution in [0.4, 0.5) is 0 Å². The van der Waals surface area contributed by atoms with Gasteiger partial charge in [0.15, 0.2) is 0 Å². The average Bonchev–Trinajstić information content (AvgIpc) is 2.58. The lowest BCUT2D eigenvalue weighted by molar-refractivity contribution is -0.143. The molecule has 1 rings (SSSR count). The smallest absolute Gasteiger partial charge is 0.325 e. The van der Waals surface area contributed by atoms with Crippen LogP contribution in [0.1, 0.15) is 6.42 Å². The molecule has 0 aromatic rings. The van der Waals surface area contributed by atoms with E-state index in [1.165, 1.54) is 0 Å². The molecule has 4 N–H and O–H groups in total. The van der Waals surface area contributed by atoms with Gasteiger partial charge in [0.25, 0.3) is 0 Å². The van der Waals surface area contributed by atoms with E-state index in [-0.39, 0.29) is 19.0 Å². The quantitative estimate of drug-likeness (QED) is 0.511. The molecule has 1 atom stereocenters. The molecule has 1 aliphatic rings. The Morgan fingerprint density at radius 2 is 2.31 bits per heavy atom. The molecule has 1 heterocycles. The number of amides is 1. The van der Waals surface area contributed by atoms with Crippen molar-refractivity contribution in [3.8, 4) is 0 Å². The standard InChI is InChI=1S/C10H17N3O3/c1-2-4-12-8(14)6-13-5-3-10(11,7-13)9(15)16/h2H,1,3-7,11H2,(H,12,14)(H,15,16). The maximum absolute atomic E-state index is 11.3. The Hall–Kier alpha value is -1.40. The van der Waals surface area contributed by atoms with E-state index in [0.717, 1.165) is 0 Å². The number of carbonyl (C=O) groups is 2. The molecular weight excluding hydrogens is 210 g/mol. The molecule has 0 spiro atoms. The molecule has 0 radical (unpaired) electrons. The first-order chi connectivity index (χ1) is 7.48. The zero-order valence-electron chi connectivity index (χ0n) is 9.11. The molecule has 0 bridgehead atoms. The zero-order valence-corrected chi connectivity index (χ0v) is 9.11. The number of aliphatic carboxylic acids is 1. The van der Waals surface area contributed by atoms with Gasteiger partial charge in [0, 0.05) is 19.6 Å². The summed E-state index contributed by atoms with van der Waals surface area (Å²) in [7, 11) is 0. The van der Waals surface area contributed by atoms with Crippen LogP contribution in [-0.2, 0) is 9.59 Å². The first-order valence-corrected chi connectivity index (χ1v) is 5.10. The van der Waals surface area contributed by atoms with Gasteiger partial charge in [-0.1, -0.05) is 6.08 Å². The van der Waals surface area contributed by atoms with Crippen LogP contribution in [0.2, 0.25) is 0 Å². The van der Waals surface area contributed by atoms with Crippen molar-refractivity contribution in [2.24, 2.45) is 5.73 Å². The van der Waals surface area contributed by atoms with E-state index < -0.39 is 11.5 Å². The minimum Gasteiger partial charge on any atom is -0.480 e. The van der Waals surface area contributed by atoms with Crippen molar-refractivity contribution >= 4 is 11.9 Å². The molecule has 0 aromatic carbocycles. The summed E-state index contributed by atoms with van der Waals surface area (Å²) in [5, 5.41) is 11.5. The second-order valence-corrected chi connectivity index (χ2v) is 4.01. The molecule has 0 saturated carbocycles. The van der Waals surface area contributed by atoms with Crippen molar-refractivity contribution < 1.29 is 14.7 Å². The van der Waals surface area contributed by atoms with Crippen LogP contribution in [0, 0.1) is 0 Å². The number of likely N-dealkylation sites (tertiary alicyclic amines) is 1. The van der Waals surface area contributed by atoms with Crippen molar-refractivity contribution in [1.29, 1.82) is 0 Å². The summed E-state index contributed by atoms with van der Waals surface area (Å²) in [4.78, 5) is 24.0. The van der Waals surface area contributed by atoms with Crippen molar-refractivity contribution in [2.45, 2.75) is 12.0 Å². The van der Waals surface area contributed by atoms with Gasteiger partial charge in [-0.05, 0) is 6.42 Å². The molecule has 1 aliphatic heterocycles. The fraction of sp³-hybridized carbons (Fsp3) is 0.600. The topological polar surface area (TPSA) is 95.7 Å². The van der Waals surface area contributed by atoms with Crippen LogP contribution < -0.4 is 11.1 Å². The van der Waals surface area contributed by atoms with E-state index in [1.807, 2.05) is 0 Å². The third-order valence-corrected chi connectivity index (χ3v) is 2.62. The number of carboxylic acid groups (broad SMARTS) is 1. The van der Waals surface area contributed by atoms with Gasteiger partial charge in [-0.15, -0.1) is 6.58 Å². The Labute approximate surface area is 94.1 Å². The number of rotatable bonds is 5. The zero-order chi connectivity index (χ0) is 12.2. The highest BCUT2D eigenvalue weighted by molar-refractivity contribution is 5.80. The highest BCUT2D eigenvalue weighted by Gasteiger charge is 2.41. The van der Waals surface area contributed by atoms with E-state index in [4.69, 9.17) is 10.8 Å². The van der Waals surface area contributed by atoms with E-state index in [0.29, 0.717) is 19.5 Å². The van der Waals surface area contributed by atoms with E-state index >= 15 is 0 Å². The Kier molecular flexibility index (Phi) is 4.03. The number of carboxylic acids is 1. The largest absolute Gasteiger partial charge is 0.480 e. The van der Waals surface area contributed by atoms with Gasteiger partial charge in [-0.2, -0.15) is 0 Å². The highest BCUT2D eigenvalue weighted by Crippen LogP contribution is 2.18. The van der Waals surface area contributed by atoms with Crippen molar-refractivity contribution in [3.63, 3.8) is 0 Å². The monoisotopic (exact) mass is 227 g/mol. The van der Waals surface area contributed by atoms with Gasteiger partial charge in [-0.3, -0.25) is 14.5 Å². The van der Waals surface area contributed by atoms with Crippen LogP contribution in [0.15, 0.2) is 12.7 Å². The molecule has 90 valence electrons. The number of nitrogens with two attached hydrogens (primary N) is 1. The summed E-state index contributed by atoms with van der Waals surface area (Å²) in [6.45, 7) is 4.83. The lowest BCUT2D eigenvalue weighted by Crippen LogP contribution is -2.50. The average molecular weight is 227 g/mol. The van der Waals surface area contributed by atoms with E-state index in [2.05, 4.69) is 11.9 Å². The molecule has 6 nitrogen and oxygen atoms in total. The molecule has 0 aromatic heterocycles. The third-order valence-electron chi connectivity index (χ3n) is 2.62. The van der Waals surface area contributed by atoms with Crippen LogP contribution in [-0.4, -0.2) is 53.6 Å². The predicted molar refractivity (Wildman–Crippen MR) is 58.8 cm³/mol. The van der Waals surface area contributed by atoms with Crippen molar-refractivity contribution in [2.75, 3.05) is 26.2 Å². The second-order valence-electron chi connectivity index (χ2n) is 4.01. The Bertz CT molecular complexity index is 306. The maximum Gasteiger partial charge on any atom is 0.325 e. The lowest BCUT2D eigenvalue weighted by Gasteiger charge is -2.19. The summed E-state index contributed by atoms with van der Waals surface area (Å²) in [6.07, 6.45) is 1.96. The summed E-state index contributed by atoms with van der Waals surface area (Å²) >= 11 is 0. The Morgan fingerprint density at radius 3 is 2.81 bits per heavy atom. The number of carbonyl (C=O) groups excluding carboxylic acids is 1. The fourth-order valence-electron chi connectivity index (χ4n) is 1.67. The van der Waals surface area contributed by atoms with Gasteiger partial charge in [0.05, 0.1) is 6.54 Å². The minimum absolute atomic E-state index is 0.144. The lowest BCUT2D eigenvalue weighted by atomic mass is 10.0. The summed E-state index contributed by atoms with van der Waals surface area (Å²) in [6, 6.07) is 0. The third kappa shape index (κ3) is 3.04. The Balaban J connectivity index is 2.39. The number of hydrogen-bond donors (Lipinski definition) is 3. The van der Waals surface area contributed by atoms with Crippen molar-refractivity contribution in [3.05, 3.63) is 12.7 Å². The molecule has 1 saturated heterocycles. The molecule has 1 amide bonds. The molecule has 1 unspecified atom stereocenters. The predicted octanol–water partition coefficient (Wildman–Crippen LogP) is -1.22. The Morgan fingerprint density at radius 1 is 1.62 bits per heavy atom. The second kappa shape index (κ2) is 5.09. The SMILES string of the molecule is C=CCNC(=O)CN1CCC(N)(C(=O)O)C1. The van der Waals surface area contributed by atoms with Crippen LogP contribution in [0.3, 0.4) is 0 Å². The summed E-state index contributed by atoms with van der Waals surface area (Å²) in [5.74, 6) is -1.16. The van der Waals surface area contributed by atoms with Crippen LogP contribution >= 0.6 is 0 Å². The van der Waals surface area contributed by atoms with Gasteiger partial charge in [0.1, 0.15) is 5.54 Å². The number of hydrogen-bond acceptors (Lipinski definition) is 4. The van der Waals surface area contributed by atoms with Crippen LogP contribution in [0.5, 0.6) is 0 Å². The van der Waals surface area contributed by atoms with Gasteiger partial charge in [0.2, 0.25) is 5.91 Å². The highest BCUT2D eigenvalue weighted by atomic mass is 16.4. The maximum atomic E-state index is 11.3.